The monoisotopic (exact) mass is 235 g/mol. The van der Waals surface area contributed by atoms with Gasteiger partial charge in [-0.15, -0.1) is 0 Å². The Morgan fingerprint density at radius 3 is 2.65 bits per heavy atom. The van der Waals surface area contributed by atoms with Crippen LogP contribution in [-0.4, -0.2) is 48.1 Å². The second-order valence-electron chi connectivity index (χ2n) is 4.54. The second-order valence-corrected chi connectivity index (χ2v) is 4.54. The van der Waals surface area contributed by atoms with Gasteiger partial charge in [0.2, 0.25) is 0 Å². The average molecular weight is 235 g/mol. The van der Waals surface area contributed by atoms with E-state index in [1.807, 2.05) is 0 Å². The molecule has 0 bridgehead atoms. The summed E-state index contributed by atoms with van der Waals surface area (Å²) in [4.78, 5) is 13.3. The first-order valence-electron chi connectivity index (χ1n) is 6.24. The number of aromatic nitrogens is 2. The molecule has 5 nitrogen and oxygen atoms in total. The van der Waals surface area contributed by atoms with Crippen LogP contribution in [0.15, 0.2) is 12.4 Å². The van der Waals surface area contributed by atoms with Gasteiger partial charge in [-0.2, -0.15) is 0 Å². The fourth-order valence-electron chi connectivity index (χ4n) is 2.06. The fraction of sp³-hybridized carbons (Fsp3) is 0.667. The molecule has 0 radical (unpaired) electrons. The largest absolute Gasteiger partial charge is 0.357 e. The van der Waals surface area contributed by atoms with Crippen molar-refractivity contribution in [1.29, 1.82) is 0 Å². The predicted molar refractivity (Wildman–Crippen MR) is 68.9 cm³/mol. The highest BCUT2D eigenvalue weighted by Gasteiger charge is 2.12. The maximum absolute atomic E-state index is 5.49. The van der Waals surface area contributed by atoms with Crippen molar-refractivity contribution in [3.63, 3.8) is 0 Å². The van der Waals surface area contributed by atoms with E-state index in [0.29, 0.717) is 6.54 Å². The summed E-state index contributed by atoms with van der Waals surface area (Å²) in [6.45, 7) is 5.04. The molecule has 2 N–H and O–H groups in total. The number of rotatable bonds is 5. The standard InChI is InChI=1S/C12H21N5/c1-16(6-7-17-4-2-3-5-17)12-10-14-11(8-13)9-15-12/h9-10H,2-8,13H2,1H3. The summed E-state index contributed by atoms with van der Waals surface area (Å²) in [5.41, 5.74) is 6.33. The van der Waals surface area contributed by atoms with Gasteiger partial charge in [0.25, 0.3) is 0 Å². The first-order chi connectivity index (χ1) is 8.29. The molecule has 17 heavy (non-hydrogen) atoms. The summed E-state index contributed by atoms with van der Waals surface area (Å²) < 4.78 is 0. The number of nitrogens with two attached hydrogens (primary N) is 1. The average Bonchev–Trinajstić information content (AvgIpc) is 2.89. The van der Waals surface area contributed by atoms with Crippen LogP contribution in [0.2, 0.25) is 0 Å². The van der Waals surface area contributed by atoms with Gasteiger partial charge in [-0.3, -0.25) is 4.98 Å². The zero-order valence-corrected chi connectivity index (χ0v) is 10.5. The molecule has 2 heterocycles. The van der Waals surface area contributed by atoms with E-state index in [4.69, 9.17) is 5.73 Å². The molecular formula is C12H21N5. The molecule has 0 saturated carbocycles. The van der Waals surface area contributed by atoms with Crippen molar-refractivity contribution in [1.82, 2.24) is 14.9 Å². The SMILES string of the molecule is CN(CCN1CCCC1)c1cnc(CN)cn1. The van der Waals surface area contributed by atoms with Crippen LogP contribution < -0.4 is 10.6 Å². The number of nitrogens with zero attached hydrogens (tertiary/aromatic N) is 4. The van der Waals surface area contributed by atoms with Crippen LogP contribution >= 0.6 is 0 Å². The lowest BCUT2D eigenvalue weighted by Gasteiger charge is -2.22. The molecule has 1 fully saturated rings. The van der Waals surface area contributed by atoms with Crippen molar-refractivity contribution in [2.75, 3.05) is 38.1 Å². The van der Waals surface area contributed by atoms with Gasteiger partial charge < -0.3 is 15.5 Å². The van der Waals surface area contributed by atoms with E-state index in [1.165, 1.54) is 25.9 Å². The molecular weight excluding hydrogens is 214 g/mol. The summed E-state index contributed by atoms with van der Waals surface area (Å²) >= 11 is 0. The summed E-state index contributed by atoms with van der Waals surface area (Å²) in [5, 5.41) is 0. The summed E-state index contributed by atoms with van der Waals surface area (Å²) in [6.07, 6.45) is 6.23. The lowest BCUT2D eigenvalue weighted by atomic mass is 10.4. The van der Waals surface area contributed by atoms with Crippen LogP contribution in [0.25, 0.3) is 0 Å². The molecule has 0 spiro atoms. The quantitative estimate of drug-likeness (QED) is 0.804. The van der Waals surface area contributed by atoms with E-state index in [9.17, 15) is 0 Å². The Morgan fingerprint density at radius 1 is 1.29 bits per heavy atom. The highest BCUT2D eigenvalue weighted by atomic mass is 15.2. The summed E-state index contributed by atoms with van der Waals surface area (Å²) in [6, 6.07) is 0. The zero-order chi connectivity index (χ0) is 12.1. The van der Waals surface area contributed by atoms with Crippen LogP contribution in [0.1, 0.15) is 18.5 Å². The number of anilines is 1. The molecule has 1 aliphatic rings. The first kappa shape index (κ1) is 12.3. The Balaban J connectivity index is 1.83. The van der Waals surface area contributed by atoms with Gasteiger partial charge in [0, 0.05) is 26.7 Å². The molecule has 0 unspecified atom stereocenters. The molecule has 5 heteroatoms. The molecule has 0 atom stereocenters. The third-order valence-electron chi connectivity index (χ3n) is 3.24. The minimum absolute atomic E-state index is 0.449. The third kappa shape index (κ3) is 3.38. The summed E-state index contributed by atoms with van der Waals surface area (Å²) in [5.74, 6) is 0.918. The van der Waals surface area contributed by atoms with Crippen LogP contribution in [0, 0.1) is 0 Å². The Labute approximate surface area is 103 Å². The Hall–Kier alpha value is -1.20. The van der Waals surface area contributed by atoms with Crippen molar-refractivity contribution in [2.45, 2.75) is 19.4 Å². The molecule has 1 saturated heterocycles. The highest BCUT2D eigenvalue weighted by Crippen LogP contribution is 2.09. The molecule has 2 rings (SSSR count). The second kappa shape index (κ2) is 5.93. The minimum Gasteiger partial charge on any atom is -0.357 e. The minimum atomic E-state index is 0.449. The van der Waals surface area contributed by atoms with E-state index >= 15 is 0 Å². The molecule has 94 valence electrons. The lowest BCUT2D eigenvalue weighted by molar-refractivity contribution is 0.346. The van der Waals surface area contributed by atoms with E-state index in [2.05, 4.69) is 26.8 Å². The number of hydrogen-bond donors (Lipinski definition) is 1. The lowest BCUT2D eigenvalue weighted by Crippen LogP contribution is -2.31. The number of likely N-dealkylation sites (N-methyl/N-ethyl adjacent to an activating group) is 1. The first-order valence-corrected chi connectivity index (χ1v) is 6.24. The maximum Gasteiger partial charge on any atom is 0.146 e. The van der Waals surface area contributed by atoms with Gasteiger partial charge in [0.15, 0.2) is 0 Å². The molecule has 0 aromatic carbocycles. The predicted octanol–water partition coefficient (Wildman–Crippen LogP) is 0.467. The van der Waals surface area contributed by atoms with Crippen molar-refractivity contribution in [3.05, 3.63) is 18.1 Å². The van der Waals surface area contributed by atoms with Crippen LogP contribution in [0.3, 0.4) is 0 Å². The summed E-state index contributed by atoms with van der Waals surface area (Å²) in [7, 11) is 2.06. The van der Waals surface area contributed by atoms with Gasteiger partial charge in [0.05, 0.1) is 18.1 Å². The van der Waals surface area contributed by atoms with E-state index in [1.54, 1.807) is 12.4 Å². The Kier molecular flexibility index (Phi) is 4.28. The number of likely N-dealkylation sites (tertiary alicyclic amines) is 1. The van der Waals surface area contributed by atoms with Gasteiger partial charge in [-0.1, -0.05) is 0 Å². The van der Waals surface area contributed by atoms with Crippen molar-refractivity contribution < 1.29 is 0 Å². The van der Waals surface area contributed by atoms with Crippen molar-refractivity contribution in [2.24, 2.45) is 5.73 Å². The van der Waals surface area contributed by atoms with Gasteiger partial charge in [-0.05, 0) is 25.9 Å². The van der Waals surface area contributed by atoms with Gasteiger partial charge in [0.1, 0.15) is 5.82 Å². The van der Waals surface area contributed by atoms with E-state index in [0.717, 1.165) is 24.6 Å². The number of hydrogen-bond acceptors (Lipinski definition) is 5. The van der Waals surface area contributed by atoms with Crippen molar-refractivity contribution in [3.8, 4) is 0 Å². The van der Waals surface area contributed by atoms with Gasteiger partial charge in [-0.25, -0.2) is 4.98 Å². The van der Waals surface area contributed by atoms with E-state index in [-0.39, 0.29) is 0 Å². The van der Waals surface area contributed by atoms with Gasteiger partial charge >= 0.3 is 0 Å². The fourth-order valence-corrected chi connectivity index (χ4v) is 2.06. The van der Waals surface area contributed by atoms with Crippen LogP contribution in [0.4, 0.5) is 5.82 Å². The topological polar surface area (TPSA) is 58.3 Å². The maximum atomic E-state index is 5.49. The van der Waals surface area contributed by atoms with Crippen molar-refractivity contribution >= 4 is 5.82 Å². The zero-order valence-electron chi connectivity index (χ0n) is 10.5. The Morgan fingerprint density at radius 2 is 2.06 bits per heavy atom. The smallest absolute Gasteiger partial charge is 0.146 e. The normalized spacial score (nSPS) is 16.4. The molecule has 0 amide bonds. The third-order valence-corrected chi connectivity index (χ3v) is 3.24. The molecule has 1 aromatic heterocycles. The molecule has 0 aliphatic carbocycles. The van der Waals surface area contributed by atoms with Crippen LogP contribution in [0.5, 0.6) is 0 Å². The molecule has 1 aliphatic heterocycles. The Bertz CT molecular complexity index is 331. The molecule has 1 aromatic rings. The van der Waals surface area contributed by atoms with E-state index < -0.39 is 0 Å². The highest BCUT2D eigenvalue weighted by molar-refractivity contribution is 5.34. The van der Waals surface area contributed by atoms with Crippen LogP contribution in [-0.2, 0) is 6.54 Å².